The number of aryl methyl sites for hydroxylation is 1. The molecule has 2 N–H and O–H groups in total. The molecule has 0 unspecified atom stereocenters. The van der Waals surface area contributed by atoms with Gasteiger partial charge in [-0.15, -0.1) is 0 Å². The van der Waals surface area contributed by atoms with Gasteiger partial charge in [-0.3, -0.25) is 10.1 Å². The molecule has 1 aliphatic heterocycles. The van der Waals surface area contributed by atoms with Crippen LogP contribution in [0.3, 0.4) is 0 Å². The van der Waals surface area contributed by atoms with E-state index in [1.54, 1.807) is 12.1 Å². The third-order valence-corrected chi connectivity index (χ3v) is 4.60. The van der Waals surface area contributed by atoms with Gasteiger partial charge in [0.15, 0.2) is 0 Å². The van der Waals surface area contributed by atoms with Crippen molar-refractivity contribution in [2.45, 2.75) is 25.8 Å². The van der Waals surface area contributed by atoms with Gasteiger partial charge in [-0.1, -0.05) is 6.07 Å². The lowest BCUT2D eigenvalue weighted by molar-refractivity contribution is -0.384. The number of nitro benzene ring substituents is 1. The maximum absolute atomic E-state index is 12.9. The third kappa shape index (κ3) is 4.72. The van der Waals surface area contributed by atoms with Gasteiger partial charge < -0.3 is 15.5 Å². The molecule has 0 spiro atoms. The van der Waals surface area contributed by atoms with Crippen LogP contribution in [0.15, 0.2) is 42.5 Å². The van der Waals surface area contributed by atoms with E-state index in [4.69, 9.17) is 0 Å². The van der Waals surface area contributed by atoms with Crippen LogP contribution in [0.5, 0.6) is 0 Å². The molecule has 0 aliphatic carbocycles. The van der Waals surface area contributed by atoms with Crippen molar-refractivity contribution in [2.75, 3.05) is 23.3 Å². The number of urea groups is 1. The van der Waals surface area contributed by atoms with Crippen molar-refractivity contribution < 1.29 is 14.1 Å². The van der Waals surface area contributed by atoms with E-state index in [0.717, 1.165) is 5.56 Å². The summed E-state index contributed by atoms with van der Waals surface area (Å²) in [4.78, 5) is 25.0. The highest BCUT2D eigenvalue weighted by molar-refractivity contribution is 5.89. The first-order chi connectivity index (χ1) is 12.9. The number of rotatable bonds is 4. The number of anilines is 2. The van der Waals surface area contributed by atoms with Crippen LogP contribution < -0.4 is 15.5 Å². The SMILES string of the molecule is Cc1ccc(N2CCC(NC(=O)Nc3ccc(F)cc3)CC2)c([N+](=O)[O-])c1. The molecule has 1 heterocycles. The third-order valence-electron chi connectivity index (χ3n) is 4.60. The monoisotopic (exact) mass is 372 g/mol. The molecule has 0 atom stereocenters. The summed E-state index contributed by atoms with van der Waals surface area (Å²) in [5.41, 5.74) is 2.08. The minimum absolute atomic E-state index is 0.0220. The zero-order valence-corrected chi connectivity index (χ0v) is 14.9. The first-order valence-corrected chi connectivity index (χ1v) is 8.75. The van der Waals surface area contributed by atoms with E-state index in [2.05, 4.69) is 10.6 Å². The Morgan fingerprint density at radius 2 is 1.85 bits per heavy atom. The average molecular weight is 372 g/mol. The summed E-state index contributed by atoms with van der Waals surface area (Å²) in [5, 5.41) is 16.9. The first-order valence-electron chi connectivity index (χ1n) is 8.75. The molecule has 2 amide bonds. The molecule has 7 nitrogen and oxygen atoms in total. The number of nitro groups is 1. The van der Waals surface area contributed by atoms with Gasteiger partial charge in [-0.25, -0.2) is 9.18 Å². The summed E-state index contributed by atoms with van der Waals surface area (Å²) in [6.45, 7) is 3.06. The maximum Gasteiger partial charge on any atom is 0.319 e. The Labute approximate surface area is 156 Å². The standard InChI is InChI=1S/C19H21FN4O3/c1-13-2-7-17(18(12-13)24(26)27)23-10-8-16(9-11-23)22-19(25)21-15-5-3-14(20)4-6-15/h2-7,12,16H,8-11H2,1H3,(H2,21,22,25). The lowest BCUT2D eigenvalue weighted by atomic mass is 10.0. The van der Waals surface area contributed by atoms with E-state index in [1.807, 2.05) is 17.9 Å². The number of carbonyl (C=O) groups excluding carboxylic acids is 1. The molecular formula is C19H21FN4O3. The minimum Gasteiger partial charge on any atom is -0.366 e. The number of hydrogen-bond donors (Lipinski definition) is 2. The molecule has 0 saturated carbocycles. The number of piperidine rings is 1. The van der Waals surface area contributed by atoms with Crippen LogP contribution in [0.2, 0.25) is 0 Å². The zero-order chi connectivity index (χ0) is 19.4. The van der Waals surface area contributed by atoms with Gasteiger partial charge in [0.1, 0.15) is 11.5 Å². The van der Waals surface area contributed by atoms with E-state index in [9.17, 15) is 19.3 Å². The minimum atomic E-state index is -0.362. The fourth-order valence-corrected chi connectivity index (χ4v) is 3.20. The Morgan fingerprint density at radius 1 is 1.19 bits per heavy atom. The van der Waals surface area contributed by atoms with Crippen molar-refractivity contribution in [3.05, 3.63) is 64.0 Å². The largest absolute Gasteiger partial charge is 0.366 e. The van der Waals surface area contributed by atoms with Gasteiger partial charge >= 0.3 is 6.03 Å². The molecule has 1 saturated heterocycles. The van der Waals surface area contributed by atoms with Crippen molar-refractivity contribution in [3.63, 3.8) is 0 Å². The van der Waals surface area contributed by atoms with Crippen LogP contribution in [0.4, 0.5) is 26.2 Å². The predicted octanol–water partition coefficient (Wildman–Crippen LogP) is 3.83. The molecule has 0 radical (unpaired) electrons. The van der Waals surface area contributed by atoms with Gasteiger partial charge in [-0.2, -0.15) is 0 Å². The van der Waals surface area contributed by atoms with Crippen molar-refractivity contribution in [2.24, 2.45) is 0 Å². The second-order valence-electron chi connectivity index (χ2n) is 6.62. The van der Waals surface area contributed by atoms with Crippen LogP contribution in [0.25, 0.3) is 0 Å². The highest BCUT2D eigenvalue weighted by Crippen LogP contribution is 2.31. The summed E-state index contributed by atoms with van der Waals surface area (Å²) in [5.74, 6) is -0.362. The highest BCUT2D eigenvalue weighted by Gasteiger charge is 2.25. The quantitative estimate of drug-likeness (QED) is 0.631. The van der Waals surface area contributed by atoms with Crippen molar-refractivity contribution >= 4 is 23.1 Å². The summed E-state index contributed by atoms with van der Waals surface area (Å²) < 4.78 is 12.9. The van der Waals surface area contributed by atoms with Gasteiger partial charge in [0.05, 0.1) is 4.92 Å². The fraction of sp³-hybridized carbons (Fsp3) is 0.316. The number of nitrogens with zero attached hydrogens (tertiary/aromatic N) is 2. The topological polar surface area (TPSA) is 87.5 Å². The average Bonchev–Trinajstić information content (AvgIpc) is 2.64. The van der Waals surface area contributed by atoms with E-state index >= 15 is 0 Å². The Bertz CT molecular complexity index is 833. The summed E-state index contributed by atoms with van der Waals surface area (Å²) >= 11 is 0. The number of carbonyl (C=O) groups is 1. The second-order valence-corrected chi connectivity index (χ2v) is 6.62. The molecule has 8 heteroatoms. The maximum atomic E-state index is 12.9. The van der Waals surface area contributed by atoms with Crippen LogP contribution in [0, 0.1) is 22.9 Å². The molecule has 1 fully saturated rings. The van der Waals surface area contributed by atoms with Gasteiger partial charge in [0.2, 0.25) is 0 Å². The zero-order valence-electron chi connectivity index (χ0n) is 14.9. The normalized spacial score (nSPS) is 14.7. The van der Waals surface area contributed by atoms with E-state index in [-0.39, 0.29) is 28.5 Å². The van der Waals surface area contributed by atoms with Crippen molar-refractivity contribution in [1.82, 2.24) is 5.32 Å². The molecule has 2 aromatic rings. The molecule has 3 rings (SSSR count). The Balaban J connectivity index is 1.55. The number of benzene rings is 2. The number of halogens is 1. The number of hydrogen-bond acceptors (Lipinski definition) is 4. The molecule has 0 aromatic heterocycles. The van der Waals surface area contributed by atoms with Gasteiger partial charge in [0, 0.05) is 30.9 Å². The Hall–Kier alpha value is -3.16. The smallest absolute Gasteiger partial charge is 0.319 e. The van der Waals surface area contributed by atoms with Gasteiger partial charge in [0.25, 0.3) is 5.69 Å². The van der Waals surface area contributed by atoms with Gasteiger partial charge in [-0.05, 0) is 55.7 Å². The molecule has 0 bridgehead atoms. The summed E-state index contributed by atoms with van der Waals surface area (Å²) in [7, 11) is 0. The lowest BCUT2D eigenvalue weighted by Crippen LogP contribution is -2.46. The van der Waals surface area contributed by atoms with Crippen molar-refractivity contribution in [1.29, 1.82) is 0 Å². The van der Waals surface area contributed by atoms with Crippen LogP contribution in [-0.4, -0.2) is 30.1 Å². The van der Waals surface area contributed by atoms with Crippen LogP contribution >= 0.6 is 0 Å². The van der Waals surface area contributed by atoms with E-state index < -0.39 is 0 Å². The molecule has 1 aliphatic rings. The lowest BCUT2D eigenvalue weighted by Gasteiger charge is -2.33. The van der Waals surface area contributed by atoms with Crippen LogP contribution in [0.1, 0.15) is 18.4 Å². The van der Waals surface area contributed by atoms with E-state index in [0.29, 0.717) is 37.3 Å². The molecule has 142 valence electrons. The Morgan fingerprint density at radius 3 is 2.48 bits per heavy atom. The van der Waals surface area contributed by atoms with Crippen molar-refractivity contribution in [3.8, 4) is 0 Å². The number of amides is 2. The molecule has 2 aromatic carbocycles. The first kappa shape index (κ1) is 18.6. The Kier molecular flexibility index (Phi) is 5.54. The summed E-state index contributed by atoms with van der Waals surface area (Å²) in [6.07, 6.45) is 1.36. The second kappa shape index (κ2) is 8.03. The molecular weight excluding hydrogens is 351 g/mol. The number of nitrogens with one attached hydrogen (secondary N) is 2. The van der Waals surface area contributed by atoms with Crippen LogP contribution in [-0.2, 0) is 0 Å². The predicted molar refractivity (Wildman–Crippen MR) is 102 cm³/mol. The fourth-order valence-electron chi connectivity index (χ4n) is 3.20. The highest BCUT2D eigenvalue weighted by atomic mass is 19.1. The molecule has 27 heavy (non-hydrogen) atoms. The summed E-state index contributed by atoms with van der Waals surface area (Å²) in [6, 6.07) is 10.4. The van der Waals surface area contributed by atoms with E-state index in [1.165, 1.54) is 24.3 Å².